The van der Waals surface area contributed by atoms with E-state index in [1.165, 1.54) is 11.8 Å². The van der Waals surface area contributed by atoms with Crippen LogP contribution >= 0.6 is 23.4 Å². The van der Waals surface area contributed by atoms with Gasteiger partial charge in [0, 0.05) is 10.7 Å². The molecule has 0 radical (unpaired) electrons. The lowest BCUT2D eigenvalue weighted by atomic mass is 10.3. The maximum atomic E-state index is 12.0. The Bertz CT molecular complexity index is 916. The van der Waals surface area contributed by atoms with Gasteiger partial charge in [0.15, 0.2) is 11.0 Å². The first-order valence-corrected chi connectivity index (χ1v) is 10.1. The molecule has 3 rings (SSSR count). The number of ether oxygens (including phenoxy) is 2. The number of carbonyl (C=O) groups excluding carboxylic acids is 1. The van der Waals surface area contributed by atoms with Gasteiger partial charge in [0.1, 0.15) is 17.6 Å². The number of nitrogens with zero attached hydrogens (tertiary/aromatic N) is 3. The number of aromatic nitrogens is 3. The Morgan fingerprint density at radius 1 is 1.14 bits per heavy atom. The molecule has 28 heavy (non-hydrogen) atoms. The highest BCUT2D eigenvalue weighted by molar-refractivity contribution is 8.00. The first kappa shape index (κ1) is 20.2. The Morgan fingerprint density at radius 2 is 1.86 bits per heavy atom. The van der Waals surface area contributed by atoms with Crippen LogP contribution in [0.3, 0.4) is 0 Å². The number of hydrogen-bond donors (Lipinski definition) is 0. The van der Waals surface area contributed by atoms with Crippen LogP contribution in [0.4, 0.5) is 0 Å². The van der Waals surface area contributed by atoms with Crippen molar-refractivity contribution >= 4 is 29.3 Å². The summed E-state index contributed by atoms with van der Waals surface area (Å²) in [6.45, 7) is 4.14. The first-order valence-electron chi connectivity index (χ1n) is 8.80. The van der Waals surface area contributed by atoms with Crippen LogP contribution in [0.1, 0.15) is 19.7 Å². The van der Waals surface area contributed by atoms with Crippen molar-refractivity contribution in [3.05, 3.63) is 65.4 Å². The molecule has 0 spiro atoms. The summed E-state index contributed by atoms with van der Waals surface area (Å²) in [4.78, 5) is 12.0. The Labute approximate surface area is 172 Å². The minimum absolute atomic E-state index is 0.220. The van der Waals surface area contributed by atoms with E-state index in [-0.39, 0.29) is 12.6 Å². The zero-order valence-corrected chi connectivity index (χ0v) is 17.1. The zero-order chi connectivity index (χ0) is 19.9. The minimum atomic E-state index is -0.406. The maximum absolute atomic E-state index is 12.0. The number of rotatable bonds is 8. The Morgan fingerprint density at radius 3 is 2.54 bits per heavy atom. The van der Waals surface area contributed by atoms with Crippen molar-refractivity contribution in [3.63, 3.8) is 0 Å². The molecule has 1 unspecified atom stereocenters. The SMILES string of the molecule is CCOC(=O)C(C)Sc1nnc(COc2ccc(Cl)cc2)n1-c1ccccc1. The molecular weight excluding hydrogens is 398 g/mol. The summed E-state index contributed by atoms with van der Waals surface area (Å²) >= 11 is 7.21. The van der Waals surface area contributed by atoms with E-state index in [0.717, 1.165) is 5.69 Å². The summed E-state index contributed by atoms with van der Waals surface area (Å²) in [6.07, 6.45) is 0. The van der Waals surface area contributed by atoms with E-state index < -0.39 is 5.25 Å². The molecule has 0 amide bonds. The second-order valence-electron chi connectivity index (χ2n) is 5.82. The lowest BCUT2D eigenvalue weighted by molar-refractivity contribution is -0.142. The number of benzene rings is 2. The minimum Gasteiger partial charge on any atom is -0.486 e. The van der Waals surface area contributed by atoms with E-state index in [4.69, 9.17) is 21.1 Å². The fourth-order valence-electron chi connectivity index (χ4n) is 2.45. The van der Waals surface area contributed by atoms with Gasteiger partial charge in [-0.3, -0.25) is 9.36 Å². The van der Waals surface area contributed by atoms with E-state index >= 15 is 0 Å². The van der Waals surface area contributed by atoms with Crippen LogP contribution in [0.25, 0.3) is 5.69 Å². The van der Waals surface area contributed by atoms with Gasteiger partial charge in [0.2, 0.25) is 0 Å². The summed E-state index contributed by atoms with van der Waals surface area (Å²) in [7, 11) is 0. The van der Waals surface area contributed by atoms with Gasteiger partial charge in [0.05, 0.1) is 6.61 Å². The summed E-state index contributed by atoms with van der Waals surface area (Å²) in [5.74, 6) is 1.02. The highest BCUT2D eigenvalue weighted by atomic mass is 35.5. The summed E-state index contributed by atoms with van der Waals surface area (Å²) in [6, 6.07) is 16.8. The average molecular weight is 418 g/mol. The van der Waals surface area contributed by atoms with Crippen LogP contribution < -0.4 is 4.74 Å². The standard InChI is InChI=1S/C20H20ClN3O3S/c1-3-26-19(25)14(2)28-20-23-22-18(24(20)16-7-5-4-6-8-16)13-27-17-11-9-15(21)10-12-17/h4-12,14H,3,13H2,1-2H3. The van der Waals surface area contributed by atoms with Crippen LogP contribution in [0, 0.1) is 0 Å². The largest absolute Gasteiger partial charge is 0.486 e. The van der Waals surface area contributed by atoms with Crippen molar-refractivity contribution in [1.29, 1.82) is 0 Å². The lowest BCUT2D eigenvalue weighted by Crippen LogP contribution is -2.17. The molecule has 0 bridgehead atoms. The average Bonchev–Trinajstić information content (AvgIpc) is 3.10. The monoisotopic (exact) mass is 417 g/mol. The molecule has 1 heterocycles. The van der Waals surface area contributed by atoms with Gasteiger partial charge in [-0.25, -0.2) is 0 Å². The third kappa shape index (κ3) is 5.05. The molecule has 0 aliphatic rings. The van der Waals surface area contributed by atoms with Gasteiger partial charge in [-0.05, 0) is 50.2 Å². The van der Waals surface area contributed by atoms with E-state index in [0.29, 0.717) is 28.4 Å². The van der Waals surface area contributed by atoms with Crippen LogP contribution in [-0.4, -0.2) is 32.6 Å². The second-order valence-corrected chi connectivity index (χ2v) is 7.57. The van der Waals surface area contributed by atoms with E-state index in [1.54, 1.807) is 38.1 Å². The van der Waals surface area contributed by atoms with Crippen LogP contribution in [0.15, 0.2) is 59.8 Å². The van der Waals surface area contributed by atoms with Crippen LogP contribution in [-0.2, 0) is 16.1 Å². The molecule has 3 aromatic rings. The summed E-state index contributed by atoms with van der Waals surface area (Å²) in [5, 5.41) is 9.38. The molecule has 0 N–H and O–H groups in total. The van der Waals surface area contributed by atoms with E-state index in [2.05, 4.69) is 10.2 Å². The molecule has 0 saturated carbocycles. The smallest absolute Gasteiger partial charge is 0.319 e. The number of hydrogen-bond acceptors (Lipinski definition) is 6. The second kappa shape index (κ2) is 9.61. The van der Waals surface area contributed by atoms with Gasteiger partial charge in [-0.2, -0.15) is 0 Å². The van der Waals surface area contributed by atoms with Crippen molar-refractivity contribution in [1.82, 2.24) is 14.8 Å². The van der Waals surface area contributed by atoms with Gasteiger partial charge in [-0.15, -0.1) is 10.2 Å². The number of carbonyl (C=O) groups is 1. The molecule has 0 aliphatic heterocycles. The maximum Gasteiger partial charge on any atom is 0.319 e. The number of thioether (sulfide) groups is 1. The Kier molecular flexibility index (Phi) is 6.95. The zero-order valence-electron chi connectivity index (χ0n) is 15.5. The van der Waals surface area contributed by atoms with Crippen molar-refractivity contribution in [2.75, 3.05) is 6.61 Å². The lowest BCUT2D eigenvalue weighted by Gasteiger charge is -2.13. The fourth-order valence-corrected chi connectivity index (χ4v) is 3.46. The third-order valence-electron chi connectivity index (χ3n) is 3.80. The molecule has 0 aliphatic carbocycles. The first-order chi connectivity index (χ1) is 13.6. The topological polar surface area (TPSA) is 66.2 Å². The predicted molar refractivity (Wildman–Crippen MR) is 109 cm³/mol. The quantitative estimate of drug-likeness (QED) is 0.396. The Hall–Kier alpha value is -2.51. The van der Waals surface area contributed by atoms with Gasteiger partial charge in [0.25, 0.3) is 0 Å². The van der Waals surface area contributed by atoms with Crippen molar-refractivity contribution < 1.29 is 14.3 Å². The molecule has 6 nitrogen and oxygen atoms in total. The van der Waals surface area contributed by atoms with Crippen molar-refractivity contribution in [2.45, 2.75) is 30.9 Å². The molecular formula is C20H20ClN3O3S. The molecule has 1 aromatic heterocycles. The number of halogens is 1. The van der Waals surface area contributed by atoms with Crippen LogP contribution in [0.5, 0.6) is 5.75 Å². The van der Waals surface area contributed by atoms with Gasteiger partial charge in [-0.1, -0.05) is 41.6 Å². The molecule has 1 atom stereocenters. The van der Waals surface area contributed by atoms with Gasteiger partial charge < -0.3 is 9.47 Å². The summed E-state index contributed by atoms with van der Waals surface area (Å²) in [5.41, 5.74) is 0.890. The third-order valence-corrected chi connectivity index (χ3v) is 5.07. The van der Waals surface area contributed by atoms with Crippen molar-refractivity contribution in [2.24, 2.45) is 0 Å². The number of esters is 1. The highest BCUT2D eigenvalue weighted by Gasteiger charge is 2.22. The Balaban J connectivity index is 1.84. The molecule has 146 valence electrons. The molecule has 2 aromatic carbocycles. The van der Waals surface area contributed by atoms with E-state index in [1.807, 2.05) is 34.9 Å². The summed E-state index contributed by atoms with van der Waals surface area (Å²) < 4.78 is 12.8. The van der Waals surface area contributed by atoms with E-state index in [9.17, 15) is 4.79 Å². The predicted octanol–water partition coefficient (Wildman–Crippen LogP) is 4.54. The van der Waals surface area contributed by atoms with Crippen LogP contribution in [0.2, 0.25) is 5.02 Å². The van der Waals surface area contributed by atoms with Crippen molar-refractivity contribution in [3.8, 4) is 11.4 Å². The molecule has 0 saturated heterocycles. The number of para-hydroxylation sites is 1. The van der Waals surface area contributed by atoms with Gasteiger partial charge >= 0.3 is 5.97 Å². The molecule has 0 fully saturated rings. The normalized spacial score (nSPS) is 11.8. The fraction of sp³-hybridized carbons (Fsp3) is 0.250. The molecule has 8 heteroatoms. The highest BCUT2D eigenvalue weighted by Crippen LogP contribution is 2.27.